The summed E-state index contributed by atoms with van der Waals surface area (Å²) < 4.78 is 32.7. The maximum atomic E-state index is 8.64. The number of fused-ring (bicyclic) bond motifs is 10. The summed E-state index contributed by atoms with van der Waals surface area (Å²) >= 11 is 3.30. The lowest BCUT2D eigenvalue weighted by atomic mass is 10.0. The summed E-state index contributed by atoms with van der Waals surface area (Å²) in [5.41, 5.74) is 8.84. The second-order valence-corrected chi connectivity index (χ2v) is 19.5. The largest absolute Gasteiger partial charge is 0.283 e. The van der Waals surface area contributed by atoms with Crippen LogP contribution in [0.4, 0.5) is 0 Å². The molecule has 0 unspecified atom stereocenters. The van der Waals surface area contributed by atoms with E-state index in [-0.39, 0.29) is 5.56 Å². The van der Waals surface area contributed by atoms with E-state index in [1.807, 2.05) is 18.2 Å². The van der Waals surface area contributed by atoms with Gasteiger partial charge >= 0.3 is 0 Å². The van der Waals surface area contributed by atoms with Gasteiger partial charge in [-0.25, -0.2) is 9.97 Å². The van der Waals surface area contributed by atoms with Crippen molar-refractivity contribution < 1.29 is 4.11 Å². The molecule has 0 atom stereocenters. The number of hydrogen-bond acceptors (Lipinski definition) is 4. The summed E-state index contributed by atoms with van der Waals surface area (Å²) in [7, 11) is -3.05. The molecule has 53 heavy (non-hydrogen) atoms. The molecule has 0 amide bonds. The number of para-hydroxylation sites is 2. The summed E-state index contributed by atoms with van der Waals surface area (Å²) in [6, 6.07) is 56.2. The Morgan fingerprint density at radius 3 is 1.64 bits per heavy atom. The van der Waals surface area contributed by atoms with Gasteiger partial charge in [-0.1, -0.05) is 138 Å². The molecule has 252 valence electrons. The van der Waals surface area contributed by atoms with Crippen LogP contribution >= 0.6 is 22.7 Å². The van der Waals surface area contributed by atoms with E-state index in [4.69, 9.17) is 14.1 Å². The molecule has 4 nitrogen and oxygen atoms in total. The fraction of sp³-hybridized carbons (Fsp3) is 0.0435. The highest BCUT2D eigenvalue weighted by Crippen LogP contribution is 2.35. The first-order valence-electron chi connectivity index (χ1n) is 19.2. The third-order valence-corrected chi connectivity index (χ3v) is 17.5. The van der Waals surface area contributed by atoms with E-state index in [0.29, 0.717) is 5.52 Å². The molecule has 7 aromatic carbocycles. The number of imidazole rings is 2. The summed E-state index contributed by atoms with van der Waals surface area (Å²) in [6.07, 6.45) is 0. The van der Waals surface area contributed by atoms with Crippen LogP contribution in [0.25, 0.3) is 63.5 Å². The first-order valence-corrected chi connectivity index (χ1v) is 21.3. The molecule has 0 saturated heterocycles. The van der Waals surface area contributed by atoms with Gasteiger partial charge in [0.05, 0.1) is 42.5 Å². The molecule has 0 aliphatic heterocycles. The number of hydrogen-bond donors (Lipinski definition) is 0. The van der Waals surface area contributed by atoms with Crippen LogP contribution in [0.5, 0.6) is 0 Å². The van der Waals surface area contributed by atoms with Crippen molar-refractivity contribution in [3.05, 3.63) is 169 Å². The van der Waals surface area contributed by atoms with Crippen LogP contribution in [0.1, 0.15) is 15.2 Å². The zero-order chi connectivity index (χ0) is 37.8. The van der Waals surface area contributed by atoms with Crippen LogP contribution in [0.3, 0.4) is 0 Å². The lowest BCUT2D eigenvalue weighted by molar-refractivity contribution is 1.35. The van der Waals surface area contributed by atoms with Gasteiger partial charge in [-0.05, 0) is 99.2 Å². The Morgan fingerprint density at radius 2 is 1.02 bits per heavy atom. The Balaban J connectivity index is 1.22. The molecule has 11 rings (SSSR count). The van der Waals surface area contributed by atoms with Gasteiger partial charge in [0, 0.05) is 4.11 Å². The first kappa shape index (κ1) is 27.7. The van der Waals surface area contributed by atoms with Crippen molar-refractivity contribution in [3.8, 4) is 11.1 Å². The molecule has 4 aromatic heterocycles. The zero-order valence-electron chi connectivity index (χ0n) is 31.6. The minimum atomic E-state index is -3.05. The van der Waals surface area contributed by atoms with Gasteiger partial charge in [-0.3, -0.25) is 8.80 Å². The van der Waals surface area contributed by atoms with Crippen molar-refractivity contribution in [2.75, 3.05) is 0 Å². The molecule has 0 aliphatic rings. The van der Waals surface area contributed by atoms with Gasteiger partial charge in [0.1, 0.15) is 0 Å². The molecule has 0 bridgehead atoms. The van der Waals surface area contributed by atoms with Crippen molar-refractivity contribution in [2.24, 2.45) is 0 Å². The van der Waals surface area contributed by atoms with E-state index in [0.717, 1.165) is 58.9 Å². The lowest BCUT2D eigenvalue weighted by Crippen LogP contribution is -2.74. The third kappa shape index (κ3) is 4.45. The minimum Gasteiger partial charge on any atom is -0.283 e. The fourth-order valence-corrected chi connectivity index (χ4v) is 15.4. The van der Waals surface area contributed by atoms with Crippen molar-refractivity contribution in [3.63, 3.8) is 0 Å². The number of nitrogens with zero attached hydrogens (tertiary/aromatic N) is 4. The topological polar surface area (TPSA) is 34.6 Å². The quantitative estimate of drug-likeness (QED) is 0.131. The lowest BCUT2D eigenvalue weighted by Gasteiger charge is -2.35. The minimum absolute atomic E-state index is 0.263. The molecule has 0 N–H and O–H groups in total. The van der Waals surface area contributed by atoms with Gasteiger partial charge in [-0.2, -0.15) is 0 Å². The van der Waals surface area contributed by atoms with E-state index in [1.54, 1.807) is 22.7 Å². The maximum absolute atomic E-state index is 8.64. The number of aromatic nitrogens is 4. The molecule has 0 radical (unpaired) electrons. The van der Waals surface area contributed by atoms with Crippen LogP contribution in [-0.4, -0.2) is 26.8 Å². The summed E-state index contributed by atoms with van der Waals surface area (Å²) in [5, 5.41) is 4.99. The fourth-order valence-electron chi connectivity index (χ4n) is 8.43. The molecular formula is C46H32N4S2Si. The van der Waals surface area contributed by atoms with Crippen molar-refractivity contribution >= 4 is 104 Å². The van der Waals surface area contributed by atoms with Crippen molar-refractivity contribution in [1.29, 1.82) is 0 Å². The van der Waals surface area contributed by atoms with Crippen LogP contribution in [0.15, 0.2) is 158 Å². The normalized spacial score (nSPS) is 13.4. The predicted octanol–water partition coefficient (Wildman–Crippen LogP) is 9.38. The Kier molecular flexibility index (Phi) is 6.06. The van der Waals surface area contributed by atoms with Gasteiger partial charge in [0.25, 0.3) is 0 Å². The molecule has 0 spiro atoms. The average molecular weight is 736 g/mol. The third-order valence-electron chi connectivity index (χ3n) is 10.7. The predicted molar refractivity (Wildman–Crippen MR) is 228 cm³/mol. The highest BCUT2D eigenvalue weighted by molar-refractivity contribution is 7.24. The van der Waals surface area contributed by atoms with Gasteiger partial charge in [0.15, 0.2) is 18.0 Å². The molecule has 4 heterocycles. The van der Waals surface area contributed by atoms with Gasteiger partial charge in [0.2, 0.25) is 0 Å². The second kappa shape index (κ2) is 11.6. The van der Waals surface area contributed by atoms with E-state index >= 15 is 0 Å². The van der Waals surface area contributed by atoms with Crippen LogP contribution in [0, 0.1) is 13.8 Å². The van der Waals surface area contributed by atoms with Crippen molar-refractivity contribution in [1.82, 2.24) is 18.8 Å². The Hall–Kier alpha value is -5.86. The molecular weight excluding hydrogens is 701 g/mol. The van der Waals surface area contributed by atoms with E-state index in [2.05, 4.69) is 155 Å². The highest BCUT2D eigenvalue weighted by atomic mass is 32.1. The van der Waals surface area contributed by atoms with E-state index in [1.165, 1.54) is 25.4 Å². The summed E-state index contributed by atoms with van der Waals surface area (Å²) in [4.78, 5) is 11.9. The number of aryl methyl sites for hydroxylation is 2. The van der Waals surface area contributed by atoms with Gasteiger partial charge < -0.3 is 0 Å². The van der Waals surface area contributed by atoms with Gasteiger partial charge in [-0.15, -0.1) is 0 Å². The standard InChI is InChI=1S/C46H32N4S2Si/c1-29-24-32(27-39-43(29)47-45-49(39)37-20-9-11-22-41(37)51-45)31-14-13-19-35(26-31)53(33-15-5-3-6-16-33,34-17-7-4-8-18-34)36-25-30(2)44-40(28-36)50-38-21-10-12-23-42(38)52-46(50)48-44/h3-28H,1-2H3/i1D3. The monoisotopic (exact) mass is 735 g/mol. The van der Waals surface area contributed by atoms with E-state index < -0.39 is 14.9 Å². The first-order chi connectivity index (χ1) is 27.3. The molecule has 0 fully saturated rings. The Morgan fingerprint density at radius 1 is 0.472 bits per heavy atom. The smallest absolute Gasteiger partial charge is 0.195 e. The van der Waals surface area contributed by atoms with E-state index in [9.17, 15) is 0 Å². The van der Waals surface area contributed by atoms with Crippen LogP contribution in [-0.2, 0) is 0 Å². The summed E-state index contributed by atoms with van der Waals surface area (Å²) in [6.45, 7) is -0.170. The number of thiazole rings is 2. The maximum Gasteiger partial charge on any atom is 0.195 e. The second-order valence-electron chi connectivity index (χ2n) is 13.7. The van der Waals surface area contributed by atoms with Crippen LogP contribution < -0.4 is 20.7 Å². The number of rotatable bonds is 5. The molecule has 11 aromatic rings. The molecule has 7 heteroatoms. The van der Waals surface area contributed by atoms with Crippen LogP contribution in [0.2, 0.25) is 0 Å². The molecule has 0 aliphatic carbocycles. The summed E-state index contributed by atoms with van der Waals surface area (Å²) in [5.74, 6) is 0. The SMILES string of the molecule is [2H]C([2H])([2H])c1cc(-c2cccc([Si](c3ccccc3)(c3ccccc3)c3cc(C)c4nc5sc6ccccc6n5c4c3)c2)cc2c1nc1sc3ccccc3n12. The molecule has 0 saturated carbocycles. The Bertz CT molecular complexity index is 3290. The number of benzene rings is 7. The average Bonchev–Trinajstić information content (AvgIpc) is 3.97. The highest BCUT2D eigenvalue weighted by Gasteiger charge is 2.42. The van der Waals surface area contributed by atoms with Crippen molar-refractivity contribution in [2.45, 2.75) is 13.8 Å². The zero-order valence-corrected chi connectivity index (χ0v) is 31.2. The Labute approximate surface area is 319 Å².